The van der Waals surface area contributed by atoms with E-state index in [1.165, 1.54) is 14.2 Å². The van der Waals surface area contributed by atoms with E-state index in [1.807, 2.05) is 111 Å². The molecule has 4 heterocycles. The van der Waals surface area contributed by atoms with Gasteiger partial charge in [0.1, 0.15) is 22.1 Å². The molecule has 4 atom stereocenters. The number of halogens is 4. The van der Waals surface area contributed by atoms with Gasteiger partial charge in [-0.1, -0.05) is 179 Å². The van der Waals surface area contributed by atoms with Gasteiger partial charge in [-0.15, -0.1) is 0 Å². The van der Waals surface area contributed by atoms with Gasteiger partial charge in [0.25, 0.3) is 6.47 Å². The van der Waals surface area contributed by atoms with Crippen LogP contribution in [-0.2, 0) is 64.2 Å². The van der Waals surface area contributed by atoms with Crippen LogP contribution in [0.15, 0.2) is 182 Å². The molecule has 9 aromatic rings. The molecule has 1 aliphatic rings. The van der Waals surface area contributed by atoms with Crippen LogP contribution >= 0.6 is 50.7 Å². The SMILES string of the molecule is C.C.C.C.C.COC(=O)C(Br)c1ccccc1.COC(=O)C(Oc1ccc(Cl)cc1-c1ccn(C)n1)c1ccccc1.COC1CCCO1.Cn1ccc(-c2cc(Cl)ccc2O)n1.Cn1ccc(-c2cc(Cl)ccc2OC(C(=O)O)c2ccccc2)n1.O=CO[O-].[H-].[K+].[K+]. The van der Waals surface area contributed by atoms with E-state index in [2.05, 4.69) is 40.9 Å². The minimum absolute atomic E-state index is 0. The number of phenolic OH excluding ortho intramolecular Hbond substituents is 1. The molecule has 4 unspecified atom stereocenters. The maximum atomic E-state index is 12.2. The molecule has 1 aliphatic heterocycles. The number of aromatic nitrogens is 6. The van der Waals surface area contributed by atoms with Crippen molar-refractivity contribution in [2.75, 3.05) is 27.9 Å². The van der Waals surface area contributed by atoms with Gasteiger partial charge in [0.2, 0.25) is 12.2 Å². The fourth-order valence-electron chi connectivity index (χ4n) is 7.73. The Labute approximate surface area is 656 Å². The molecule has 0 aliphatic carbocycles. The molecule has 26 heteroatoms. The predicted molar refractivity (Wildman–Crippen MR) is 360 cm³/mol. The fourth-order valence-corrected chi connectivity index (χ4v) is 8.73. The molecule has 2 N–H and O–H groups in total. The van der Waals surface area contributed by atoms with Gasteiger partial charge in [-0.3, -0.25) is 23.6 Å². The second-order valence-corrected chi connectivity index (χ2v) is 20.1. The summed E-state index contributed by atoms with van der Waals surface area (Å²) in [6.07, 6.45) is 5.76. The molecule has 93 heavy (non-hydrogen) atoms. The Balaban J connectivity index is -0.000000545. The molecule has 0 amide bonds. The molecule has 20 nitrogen and oxygen atoms in total. The van der Waals surface area contributed by atoms with Crippen molar-refractivity contribution in [3.63, 3.8) is 0 Å². The zero-order chi connectivity index (χ0) is 62.5. The number of aromatic hydroxyl groups is 1. The second-order valence-electron chi connectivity index (χ2n) is 17.9. The predicted octanol–water partition coefficient (Wildman–Crippen LogP) is 9.23. The van der Waals surface area contributed by atoms with Gasteiger partial charge in [-0.25, -0.2) is 9.59 Å². The fraction of sp³-hybridized carbons (Fsp3) is 0.269. The summed E-state index contributed by atoms with van der Waals surface area (Å²) < 4.78 is 36.3. The van der Waals surface area contributed by atoms with Gasteiger partial charge in [0.15, 0.2) is 6.29 Å². The Bertz CT molecular complexity index is 3560. The number of nitrogens with zero attached hydrogens (tertiary/aromatic N) is 6. The van der Waals surface area contributed by atoms with Crippen molar-refractivity contribution < 1.29 is 172 Å². The Morgan fingerprint density at radius 1 is 0.591 bits per heavy atom. The number of aliphatic carboxylic acids is 1. The number of benzene rings is 6. The van der Waals surface area contributed by atoms with Crippen LogP contribution in [0.2, 0.25) is 15.1 Å². The smallest absolute Gasteiger partial charge is 1.00 e. The molecule has 0 radical (unpaired) electrons. The van der Waals surface area contributed by atoms with Crippen LogP contribution in [0, 0.1) is 0 Å². The summed E-state index contributed by atoms with van der Waals surface area (Å²) in [7, 11) is 9.85. The first-order chi connectivity index (χ1) is 41.4. The number of phenols is 1. The Kier molecular flexibility index (Phi) is 48.7. The first-order valence-corrected chi connectivity index (χ1v) is 27.9. The van der Waals surface area contributed by atoms with E-state index < -0.39 is 24.1 Å². The first kappa shape index (κ1) is 91.9. The number of hydrogen-bond acceptors (Lipinski definition) is 16. The number of carbonyl (C=O) groups excluding carboxylic acids is 3. The van der Waals surface area contributed by atoms with Crippen LogP contribution in [0.25, 0.3) is 33.8 Å². The summed E-state index contributed by atoms with van der Waals surface area (Å²) in [5.74, 6) is -0.720. The van der Waals surface area contributed by atoms with Crippen molar-refractivity contribution in [1.82, 2.24) is 29.3 Å². The number of ether oxygens (including phenoxy) is 6. The van der Waals surface area contributed by atoms with Crippen molar-refractivity contribution in [1.29, 1.82) is 0 Å². The molecule has 494 valence electrons. The van der Waals surface area contributed by atoms with E-state index in [0.717, 1.165) is 25.0 Å². The molecule has 1 saturated heterocycles. The molecule has 3 aromatic heterocycles. The number of carboxylic acid groups (broad SMARTS) is 1. The van der Waals surface area contributed by atoms with Crippen molar-refractivity contribution in [2.24, 2.45) is 21.1 Å². The van der Waals surface area contributed by atoms with Gasteiger partial charge in [0, 0.05) is 103 Å². The van der Waals surface area contributed by atoms with Crippen LogP contribution in [-0.4, -0.2) is 98.2 Å². The Morgan fingerprint density at radius 3 is 1.29 bits per heavy atom. The zero-order valence-corrected chi connectivity index (χ0v) is 59.4. The maximum absolute atomic E-state index is 12.2. The van der Waals surface area contributed by atoms with Gasteiger partial charge in [-0.05, 0) is 84.8 Å². The summed E-state index contributed by atoms with van der Waals surface area (Å²) in [5.41, 5.74) is 6.25. The summed E-state index contributed by atoms with van der Waals surface area (Å²) in [5, 5.41) is 42.1. The molecule has 0 spiro atoms. The third kappa shape index (κ3) is 30.6. The number of carbonyl (C=O) groups is 4. The summed E-state index contributed by atoms with van der Waals surface area (Å²) in [4.78, 5) is 45.8. The third-order valence-corrected chi connectivity index (χ3v) is 13.4. The summed E-state index contributed by atoms with van der Waals surface area (Å²) in [6, 6.07) is 48.0. The first-order valence-electron chi connectivity index (χ1n) is 25.8. The van der Waals surface area contributed by atoms with Crippen LogP contribution in [0.5, 0.6) is 17.2 Å². The maximum Gasteiger partial charge on any atom is 1.00 e. The standard InChI is InChI=1S/C19H17ClN2O3.C18H15ClN2O3.C10H9ClN2O.C9H9BrO2.C5H10O2.CH2O3.5CH4.2K.H/c1-22-11-10-16(21-22)15-12-14(20)8-9-17(15)25-18(19(23)24-2)13-6-4-3-5-7-13;1-21-10-9-15(20-21)14-11-13(19)7-8-16(14)24-17(18(22)23)12-5-3-2-4-6-12;1-13-5-4-9(12-13)8-6-7(11)2-3-10(8)14;1-12-9(11)8(10)7-5-3-2-4-6-7;1-6-5-3-2-4-7-5;2-1-4-3;;;;;;;;/h3-12,18H,1-2H3;2-11,17H,1H3,(H,22,23);2-6,14H,1H3;2-6,8H,1H3;5H,2-4H2,1H3;1,3H;5*1H4;;;/q;;;;;;;;;;;2*+1;-1/p-1. The molecular weight excluding hydrogens is 1380 g/mol. The van der Waals surface area contributed by atoms with E-state index in [-0.39, 0.29) is 171 Å². The zero-order valence-electron chi connectivity index (χ0n) is 50.3. The number of alkyl halides is 1. The van der Waals surface area contributed by atoms with Crippen molar-refractivity contribution in [2.45, 2.75) is 73.3 Å². The van der Waals surface area contributed by atoms with Crippen LogP contribution in [0.3, 0.4) is 0 Å². The van der Waals surface area contributed by atoms with E-state index in [4.69, 9.17) is 68.5 Å². The number of methoxy groups -OCH3 is 3. The van der Waals surface area contributed by atoms with E-state index in [1.54, 1.807) is 113 Å². The molecule has 6 aromatic carbocycles. The number of esters is 2. The largest absolute Gasteiger partial charge is 1.00 e. The van der Waals surface area contributed by atoms with Crippen molar-refractivity contribution in [3.05, 3.63) is 214 Å². The van der Waals surface area contributed by atoms with E-state index >= 15 is 0 Å². The van der Waals surface area contributed by atoms with E-state index in [9.17, 15) is 24.6 Å². The molecule has 10 rings (SSSR count). The number of carboxylic acids is 1. The molecule has 0 bridgehead atoms. The summed E-state index contributed by atoms with van der Waals surface area (Å²) in [6.45, 7) is 0.693. The second kappa shape index (κ2) is 49.3. The van der Waals surface area contributed by atoms with E-state index in [0.29, 0.717) is 71.5 Å². The topological polar surface area (TPSA) is 250 Å². The van der Waals surface area contributed by atoms with Crippen LogP contribution in [0.4, 0.5) is 0 Å². The minimum Gasteiger partial charge on any atom is -1.00 e. The third-order valence-electron chi connectivity index (χ3n) is 11.8. The van der Waals surface area contributed by atoms with Gasteiger partial charge >= 0.3 is 121 Å². The molecule has 0 saturated carbocycles. The Hall–Kier alpha value is -5.27. The number of rotatable bonds is 15. The average molecular weight is 1460 g/mol. The summed E-state index contributed by atoms with van der Waals surface area (Å²) >= 11 is 21.3. The van der Waals surface area contributed by atoms with Crippen molar-refractivity contribution >= 4 is 75.1 Å². The van der Waals surface area contributed by atoms with Gasteiger partial charge in [-0.2, -0.15) is 15.3 Å². The van der Waals surface area contributed by atoms with Crippen molar-refractivity contribution in [3.8, 4) is 51.0 Å². The van der Waals surface area contributed by atoms with Crippen LogP contribution in [0.1, 0.15) is 85.1 Å². The van der Waals surface area contributed by atoms with Gasteiger partial charge < -0.3 is 50.2 Å². The minimum atomic E-state index is -1.12. The Morgan fingerprint density at radius 2 is 0.957 bits per heavy atom. The van der Waals surface area contributed by atoms with Crippen LogP contribution < -0.4 is 118 Å². The average Bonchev–Trinajstić information content (AvgIpc) is 1.40. The normalized spacial score (nSPS) is 12.0. The number of aryl methyl sites for hydroxylation is 3. The molecule has 1 fully saturated rings. The van der Waals surface area contributed by atoms with Gasteiger partial charge in [0.05, 0.1) is 31.3 Å². The monoisotopic (exact) mass is 1460 g/mol. The quantitative estimate of drug-likeness (QED) is 0.0242. The number of hydrogen-bond donors (Lipinski definition) is 2. The molecular formula is C67H82BrCl3K2N6O14.